The number of rotatable bonds is 2. The van der Waals surface area contributed by atoms with Crippen LogP contribution >= 0.6 is 23.2 Å². The zero-order chi connectivity index (χ0) is 32.3. The minimum absolute atomic E-state index is 0.110. The summed E-state index contributed by atoms with van der Waals surface area (Å²) in [5.74, 6) is -8.63. The van der Waals surface area contributed by atoms with E-state index in [-0.39, 0.29) is 18.2 Å². The van der Waals surface area contributed by atoms with Crippen molar-refractivity contribution in [3.05, 3.63) is 70.8 Å². The summed E-state index contributed by atoms with van der Waals surface area (Å²) in [6.45, 7) is 0. The molecular weight excluding hydrogens is 641 g/mol. The minimum Gasteiger partial charge on any atom is -0.508 e. The van der Waals surface area contributed by atoms with Gasteiger partial charge < -0.3 is 5.11 Å². The van der Waals surface area contributed by atoms with Crippen LogP contribution in [0.1, 0.15) is 35.4 Å². The molecule has 2 aliphatic heterocycles. The summed E-state index contributed by atoms with van der Waals surface area (Å²) in [4.78, 5) is 51.3. The van der Waals surface area contributed by atoms with E-state index in [4.69, 9.17) is 23.2 Å². The van der Waals surface area contributed by atoms with Crippen LogP contribution in [0.25, 0.3) is 0 Å². The highest BCUT2D eigenvalue weighted by atomic mass is 35.5. The van der Waals surface area contributed by atoms with Crippen molar-refractivity contribution in [3.63, 3.8) is 0 Å². The van der Waals surface area contributed by atoms with Crippen LogP contribution in [0, 0.1) is 17.8 Å². The molecule has 2 aliphatic carbocycles. The number of hydrogen-bond donors (Lipinski definition) is 1. The van der Waals surface area contributed by atoms with E-state index in [9.17, 15) is 50.6 Å². The Balaban J connectivity index is 1.49. The van der Waals surface area contributed by atoms with E-state index in [1.54, 1.807) is 6.08 Å². The fraction of sp³-hybridized carbons (Fsp3) is 0.379. The number of anilines is 1. The molecule has 0 unspecified atom stereocenters. The number of carbonyl (C=O) groups is 4. The van der Waals surface area contributed by atoms with E-state index in [0.29, 0.717) is 28.2 Å². The Hall–Kier alpha value is -3.58. The van der Waals surface area contributed by atoms with Gasteiger partial charge in [-0.15, -0.1) is 23.2 Å². The topological polar surface area (TPSA) is 95.0 Å². The molecule has 2 aromatic carbocycles. The predicted molar refractivity (Wildman–Crippen MR) is 143 cm³/mol. The number of halogens is 8. The first kappa shape index (κ1) is 30.4. The van der Waals surface area contributed by atoms with E-state index in [1.165, 1.54) is 31.3 Å². The van der Waals surface area contributed by atoms with Crippen molar-refractivity contribution in [1.29, 1.82) is 0 Å². The molecule has 44 heavy (non-hydrogen) atoms. The van der Waals surface area contributed by atoms with Gasteiger partial charge >= 0.3 is 12.4 Å². The maximum atomic E-state index is 13.9. The maximum Gasteiger partial charge on any atom is 0.416 e. The van der Waals surface area contributed by atoms with Gasteiger partial charge in [0.05, 0.1) is 28.7 Å². The van der Waals surface area contributed by atoms with Crippen LogP contribution in [0.15, 0.2) is 54.1 Å². The van der Waals surface area contributed by atoms with Gasteiger partial charge in [0, 0.05) is 13.0 Å². The van der Waals surface area contributed by atoms with Crippen LogP contribution in [0.5, 0.6) is 5.75 Å². The summed E-state index contributed by atoms with van der Waals surface area (Å²) < 4.78 is 81.6. The Morgan fingerprint density at radius 1 is 0.841 bits per heavy atom. The molecule has 232 valence electrons. The van der Waals surface area contributed by atoms with E-state index >= 15 is 0 Å². The molecule has 6 atom stereocenters. The quantitative estimate of drug-likeness (QED) is 0.195. The lowest BCUT2D eigenvalue weighted by molar-refractivity contribution is -0.143. The zero-order valence-electron chi connectivity index (χ0n) is 22.3. The monoisotopic (exact) mass is 660 g/mol. The highest BCUT2D eigenvalue weighted by Crippen LogP contribution is 2.65. The smallest absolute Gasteiger partial charge is 0.416 e. The fourth-order valence-electron chi connectivity index (χ4n) is 7.11. The summed E-state index contributed by atoms with van der Waals surface area (Å²) in [5.41, 5.74) is -3.60. The Morgan fingerprint density at radius 2 is 1.41 bits per heavy atom. The van der Waals surface area contributed by atoms with Crippen molar-refractivity contribution < 1.29 is 50.6 Å². The van der Waals surface area contributed by atoms with Crippen LogP contribution in [0.3, 0.4) is 0 Å². The van der Waals surface area contributed by atoms with Crippen molar-refractivity contribution in [2.75, 3.05) is 11.9 Å². The number of phenolic OH excluding ortho intramolecular Hbond substituents is 1. The summed E-state index contributed by atoms with van der Waals surface area (Å²) in [5, 5.41) is 9.86. The second-order valence-electron chi connectivity index (χ2n) is 11.4. The number of amides is 4. The average Bonchev–Trinajstić information content (AvgIpc) is 3.27. The highest BCUT2D eigenvalue weighted by molar-refractivity contribution is 6.53. The Labute approximate surface area is 255 Å². The lowest BCUT2D eigenvalue weighted by Crippen LogP contribution is -2.60. The SMILES string of the molecule is CN1C(=O)[C@]2(Cl)C[C@@H]3C(=CC[C@@H]4C(=O)N(c5cc(C(F)(F)F)cc(C(F)(F)F)c5)C(=O)[C@@H]43)[C@H](c3ccc(O)cc3)[C@]2(Cl)C1=O. The van der Waals surface area contributed by atoms with Crippen LogP contribution in [-0.4, -0.2) is 50.4 Å². The molecule has 0 bridgehead atoms. The van der Waals surface area contributed by atoms with Crippen molar-refractivity contribution in [3.8, 4) is 5.75 Å². The Bertz CT molecular complexity index is 1640. The number of benzene rings is 2. The number of hydrogen-bond acceptors (Lipinski definition) is 5. The predicted octanol–water partition coefficient (Wildman–Crippen LogP) is 5.62. The second-order valence-corrected chi connectivity index (χ2v) is 12.6. The maximum absolute atomic E-state index is 13.9. The second kappa shape index (κ2) is 9.46. The molecule has 0 aromatic heterocycles. The molecule has 3 fully saturated rings. The first-order valence-corrected chi connectivity index (χ1v) is 13.9. The third-order valence-corrected chi connectivity index (χ3v) is 10.5. The van der Waals surface area contributed by atoms with Gasteiger partial charge in [-0.25, -0.2) is 4.90 Å². The minimum atomic E-state index is -5.22. The molecule has 4 aliphatic rings. The van der Waals surface area contributed by atoms with E-state index in [2.05, 4.69) is 0 Å². The number of allylic oxidation sites excluding steroid dienone is 2. The zero-order valence-corrected chi connectivity index (χ0v) is 23.9. The van der Waals surface area contributed by atoms with Gasteiger partial charge in [0.15, 0.2) is 9.75 Å². The largest absolute Gasteiger partial charge is 0.508 e. The van der Waals surface area contributed by atoms with E-state index in [0.717, 1.165) is 4.90 Å². The average molecular weight is 661 g/mol. The summed E-state index contributed by atoms with van der Waals surface area (Å²) in [7, 11) is 1.18. The lowest BCUT2D eigenvalue weighted by Gasteiger charge is -2.50. The molecule has 2 saturated heterocycles. The van der Waals surface area contributed by atoms with Crippen LogP contribution < -0.4 is 4.90 Å². The third-order valence-electron chi connectivity index (χ3n) is 9.07. The summed E-state index contributed by atoms with van der Waals surface area (Å²) in [6, 6.07) is 6.01. The van der Waals surface area contributed by atoms with Gasteiger partial charge in [0.2, 0.25) is 11.8 Å². The van der Waals surface area contributed by atoms with Crippen molar-refractivity contribution in [2.24, 2.45) is 17.8 Å². The van der Waals surface area contributed by atoms with Crippen molar-refractivity contribution in [1.82, 2.24) is 4.90 Å². The lowest BCUT2D eigenvalue weighted by atomic mass is 9.56. The number of nitrogens with zero attached hydrogens (tertiary/aromatic N) is 2. The van der Waals surface area contributed by atoms with Gasteiger partial charge in [-0.2, -0.15) is 26.3 Å². The van der Waals surface area contributed by atoms with Gasteiger partial charge in [0.1, 0.15) is 5.75 Å². The first-order valence-electron chi connectivity index (χ1n) is 13.2. The molecule has 1 N–H and O–H groups in total. The Kier molecular flexibility index (Phi) is 6.55. The number of imide groups is 2. The molecule has 1 saturated carbocycles. The number of aromatic hydroxyl groups is 1. The van der Waals surface area contributed by atoms with Crippen molar-refractivity contribution in [2.45, 2.75) is 40.9 Å². The molecular formula is C29H20Cl2F6N2O5. The highest BCUT2D eigenvalue weighted by Gasteiger charge is 2.75. The van der Waals surface area contributed by atoms with Crippen LogP contribution in [-0.2, 0) is 31.5 Å². The number of likely N-dealkylation sites (tertiary alicyclic amines) is 1. The molecule has 0 radical (unpaired) electrons. The number of phenols is 1. The molecule has 15 heteroatoms. The van der Waals surface area contributed by atoms with Crippen molar-refractivity contribution >= 4 is 52.5 Å². The third kappa shape index (κ3) is 4.04. The molecule has 6 rings (SSSR count). The Morgan fingerprint density at radius 3 is 1.95 bits per heavy atom. The van der Waals surface area contributed by atoms with Gasteiger partial charge in [-0.05, 0) is 54.7 Å². The molecule has 7 nitrogen and oxygen atoms in total. The van der Waals surface area contributed by atoms with Gasteiger partial charge in [0.25, 0.3) is 11.8 Å². The summed E-state index contributed by atoms with van der Waals surface area (Å²) >= 11 is 14.0. The van der Waals surface area contributed by atoms with Crippen LogP contribution in [0.4, 0.5) is 32.0 Å². The molecule has 2 aromatic rings. The standard InChI is InChI=1S/C29H20Cl2F6N2O5/c1-38-24(43)26(30)11-19-17(21(27(26,31)25(38)44)12-2-4-16(40)5-3-12)6-7-18-20(19)23(42)39(22(18)41)15-9-13(28(32,33)34)8-14(10-15)29(35,36)37/h2-6,8-10,18-21,40H,7,11H2,1H3/t18-,19+,20-,21-,26+,27-/m0/s1. The van der Waals surface area contributed by atoms with E-state index in [1.807, 2.05) is 0 Å². The first-order chi connectivity index (χ1) is 20.3. The van der Waals surface area contributed by atoms with Gasteiger partial charge in [-0.3, -0.25) is 24.1 Å². The fourth-order valence-corrected chi connectivity index (χ4v) is 8.13. The number of alkyl halides is 8. The molecule has 4 amide bonds. The number of fused-ring (bicyclic) bond motifs is 4. The molecule has 2 heterocycles. The van der Waals surface area contributed by atoms with Crippen LogP contribution in [0.2, 0.25) is 0 Å². The van der Waals surface area contributed by atoms with Gasteiger partial charge in [-0.1, -0.05) is 23.8 Å². The van der Waals surface area contributed by atoms with E-state index < -0.39 is 92.6 Å². The normalized spacial score (nSPS) is 32.1. The molecule has 0 spiro atoms. The summed E-state index contributed by atoms with van der Waals surface area (Å²) in [6.07, 6.45) is -9.46. The number of carbonyl (C=O) groups excluding carboxylic acids is 4.